The minimum absolute atomic E-state index is 0.457. The molecule has 0 bridgehead atoms. The normalized spacial score (nSPS) is 18.5. The largest absolute Gasteiger partial charge is 0.304 e. The maximum absolute atomic E-state index is 13.0. The van der Waals surface area contributed by atoms with Crippen LogP contribution in [0.1, 0.15) is 5.56 Å². The van der Waals surface area contributed by atoms with Crippen LogP contribution in [-0.4, -0.2) is 43.1 Å². The van der Waals surface area contributed by atoms with Crippen LogP contribution >= 0.6 is 0 Å². The van der Waals surface area contributed by atoms with Crippen molar-refractivity contribution in [3.05, 3.63) is 35.4 Å². The van der Waals surface area contributed by atoms with E-state index < -0.39 is 11.6 Å². The van der Waals surface area contributed by atoms with Gasteiger partial charge in [-0.25, -0.2) is 13.8 Å². The van der Waals surface area contributed by atoms with Gasteiger partial charge in [0, 0.05) is 38.8 Å². The average molecular weight is 241 g/mol. The molecule has 1 heterocycles. The predicted molar refractivity (Wildman–Crippen MR) is 62.3 cm³/mol. The van der Waals surface area contributed by atoms with Crippen LogP contribution in [0.3, 0.4) is 0 Å². The second-order valence-electron chi connectivity index (χ2n) is 4.40. The Bertz CT molecular complexity index is 356. The molecule has 0 atom stereocenters. The SMILES string of the molecule is CN1CCN(NCc2cc(F)cc(F)c2)CC1. The first kappa shape index (κ1) is 12.4. The molecule has 1 aromatic rings. The Hall–Kier alpha value is -1.04. The van der Waals surface area contributed by atoms with Gasteiger partial charge in [-0.3, -0.25) is 5.43 Å². The summed E-state index contributed by atoms with van der Waals surface area (Å²) in [5, 5.41) is 2.09. The molecule has 1 aliphatic rings. The van der Waals surface area contributed by atoms with Gasteiger partial charge in [-0.15, -0.1) is 0 Å². The van der Waals surface area contributed by atoms with Gasteiger partial charge >= 0.3 is 0 Å². The molecule has 2 rings (SSSR count). The zero-order chi connectivity index (χ0) is 12.3. The fourth-order valence-electron chi connectivity index (χ4n) is 1.88. The van der Waals surface area contributed by atoms with E-state index in [9.17, 15) is 8.78 Å². The summed E-state index contributed by atoms with van der Waals surface area (Å²) in [5.74, 6) is -1.06. The van der Waals surface area contributed by atoms with Crippen molar-refractivity contribution in [1.29, 1.82) is 0 Å². The monoisotopic (exact) mass is 241 g/mol. The summed E-state index contributed by atoms with van der Waals surface area (Å²) in [7, 11) is 2.08. The van der Waals surface area contributed by atoms with Gasteiger partial charge < -0.3 is 4.90 Å². The minimum atomic E-state index is -0.528. The van der Waals surface area contributed by atoms with Crippen molar-refractivity contribution >= 4 is 0 Å². The Morgan fingerprint density at radius 2 is 1.65 bits per heavy atom. The third kappa shape index (κ3) is 3.73. The molecule has 0 aromatic heterocycles. The van der Waals surface area contributed by atoms with Crippen molar-refractivity contribution in [2.75, 3.05) is 33.2 Å². The third-order valence-corrected chi connectivity index (χ3v) is 2.93. The lowest BCUT2D eigenvalue weighted by molar-refractivity contribution is 0.102. The maximum Gasteiger partial charge on any atom is 0.126 e. The van der Waals surface area contributed by atoms with Gasteiger partial charge in [-0.05, 0) is 24.7 Å². The molecule has 1 fully saturated rings. The summed E-state index contributed by atoms with van der Waals surface area (Å²) in [6.45, 7) is 4.32. The molecule has 0 spiro atoms. The van der Waals surface area contributed by atoms with Gasteiger partial charge in [-0.2, -0.15) is 0 Å². The molecule has 1 N–H and O–H groups in total. The van der Waals surface area contributed by atoms with Crippen LogP contribution in [0, 0.1) is 11.6 Å². The van der Waals surface area contributed by atoms with Crippen LogP contribution in [0.4, 0.5) is 8.78 Å². The second-order valence-corrected chi connectivity index (χ2v) is 4.40. The van der Waals surface area contributed by atoms with Gasteiger partial charge in [0.05, 0.1) is 0 Å². The summed E-state index contributed by atoms with van der Waals surface area (Å²) in [6, 6.07) is 3.59. The number of hydrazine groups is 1. The lowest BCUT2D eigenvalue weighted by atomic mass is 10.2. The summed E-state index contributed by atoms with van der Waals surface area (Å²) in [4.78, 5) is 2.25. The highest BCUT2D eigenvalue weighted by atomic mass is 19.1. The molecule has 94 valence electrons. The van der Waals surface area contributed by atoms with E-state index in [1.54, 1.807) is 0 Å². The lowest BCUT2D eigenvalue weighted by Gasteiger charge is -2.32. The van der Waals surface area contributed by atoms with Gasteiger partial charge in [0.25, 0.3) is 0 Å². The smallest absolute Gasteiger partial charge is 0.126 e. The number of rotatable bonds is 3. The molecule has 1 saturated heterocycles. The zero-order valence-electron chi connectivity index (χ0n) is 9.92. The maximum atomic E-state index is 13.0. The van der Waals surface area contributed by atoms with Crippen LogP contribution in [0.5, 0.6) is 0 Å². The van der Waals surface area contributed by atoms with Crippen molar-refractivity contribution in [2.45, 2.75) is 6.54 Å². The van der Waals surface area contributed by atoms with Gasteiger partial charge in [0.2, 0.25) is 0 Å². The van der Waals surface area contributed by atoms with Crippen molar-refractivity contribution in [3.8, 4) is 0 Å². The molecule has 17 heavy (non-hydrogen) atoms. The number of piperazine rings is 1. The number of halogens is 2. The third-order valence-electron chi connectivity index (χ3n) is 2.93. The lowest BCUT2D eigenvalue weighted by Crippen LogP contribution is -2.50. The van der Waals surface area contributed by atoms with Crippen molar-refractivity contribution in [1.82, 2.24) is 15.3 Å². The van der Waals surface area contributed by atoms with Gasteiger partial charge in [0.1, 0.15) is 11.6 Å². The molecule has 1 aliphatic heterocycles. The van der Waals surface area contributed by atoms with Crippen molar-refractivity contribution in [3.63, 3.8) is 0 Å². The molecular weight excluding hydrogens is 224 g/mol. The number of likely N-dealkylation sites (N-methyl/N-ethyl adjacent to an activating group) is 1. The zero-order valence-corrected chi connectivity index (χ0v) is 9.92. The molecule has 5 heteroatoms. The number of nitrogens with zero attached hydrogens (tertiary/aromatic N) is 2. The van der Waals surface area contributed by atoms with E-state index in [-0.39, 0.29) is 0 Å². The first-order valence-electron chi connectivity index (χ1n) is 5.75. The van der Waals surface area contributed by atoms with E-state index in [0.29, 0.717) is 12.1 Å². The van der Waals surface area contributed by atoms with E-state index in [2.05, 4.69) is 22.4 Å². The van der Waals surface area contributed by atoms with E-state index >= 15 is 0 Å². The summed E-state index contributed by atoms with van der Waals surface area (Å²) < 4.78 is 25.9. The highest BCUT2D eigenvalue weighted by Crippen LogP contribution is 2.08. The van der Waals surface area contributed by atoms with Crippen LogP contribution in [0.2, 0.25) is 0 Å². The van der Waals surface area contributed by atoms with Gasteiger partial charge in [0.15, 0.2) is 0 Å². The predicted octanol–water partition coefficient (Wildman–Crippen LogP) is 1.22. The number of benzene rings is 1. The molecule has 0 amide bonds. The van der Waals surface area contributed by atoms with Crippen molar-refractivity contribution < 1.29 is 8.78 Å². The summed E-state index contributed by atoms with van der Waals surface area (Å²) in [5.41, 5.74) is 3.81. The van der Waals surface area contributed by atoms with Crippen LogP contribution in [0.15, 0.2) is 18.2 Å². The van der Waals surface area contributed by atoms with E-state index in [0.717, 1.165) is 32.2 Å². The minimum Gasteiger partial charge on any atom is -0.304 e. The van der Waals surface area contributed by atoms with E-state index in [4.69, 9.17) is 0 Å². The molecular formula is C12H17F2N3. The molecule has 3 nitrogen and oxygen atoms in total. The molecule has 0 radical (unpaired) electrons. The Labute approximate surface area is 100.0 Å². The molecule has 0 saturated carbocycles. The first-order chi connectivity index (χ1) is 8.13. The number of hydrogen-bond acceptors (Lipinski definition) is 3. The summed E-state index contributed by atoms with van der Waals surface area (Å²) >= 11 is 0. The second kappa shape index (κ2) is 5.53. The van der Waals surface area contributed by atoms with E-state index in [1.807, 2.05) is 0 Å². The fraction of sp³-hybridized carbons (Fsp3) is 0.500. The average Bonchev–Trinajstić information content (AvgIpc) is 2.27. The highest BCUT2D eigenvalue weighted by molar-refractivity contribution is 5.17. The highest BCUT2D eigenvalue weighted by Gasteiger charge is 2.13. The topological polar surface area (TPSA) is 18.5 Å². The van der Waals surface area contributed by atoms with Gasteiger partial charge in [-0.1, -0.05) is 0 Å². The molecule has 0 unspecified atom stereocenters. The fourth-order valence-corrected chi connectivity index (χ4v) is 1.88. The standard InChI is InChI=1S/C12H17F2N3/c1-16-2-4-17(5-3-16)15-9-10-6-11(13)8-12(14)7-10/h6-8,15H,2-5,9H2,1H3. The first-order valence-corrected chi connectivity index (χ1v) is 5.75. The number of hydrogen-bond donors (Lipinski definition) is 1. The Balaban J connectivity index is 1.85. The number of nitrogens with one attached hydrogen (secondary N) is 1. The van der Waals surface area contributed by atoms with Crippen LogP contribution in [-0.2, 0) is 6.54 Å². The Morgan fingerprint density at radius 3 is 2.24 bits per heavy atom. The summed E-state index contributed by atoms with van der Waals surface area (Å²) in [6.07, 6.45) is 0. The van der Waals surface area contributed by atoms with E-state index in [1.165, 1.54) is 12.1 Å². The van der Waals surface area contributed by atoms with Crippen LogP contribution in [0.25, 0.3) is 0 Å². The van der Waals surface area contributed by atoms with Crippen LogP contribution < -0.4 is 5.43 Å². The Morgan fingerprint density at radius 1 is 1.06 bits per heavy atom. The molecule has 0 aliphatic carbocycles. The Kier molecular flexibility index (Phi) is 4.04. The quantitative estimate of drug-likeness (QED) is 0.858. The van der Waals surface area contributed by atoms with Crippen molar-refractivity contribution in [2.24, 2.45) is 0 Å². The molecule has 1 aromatic carbocycles.